The van der Waals surface area contributed by atoms with Crippen molar-refractivity contribution in [1.82, 2.24) is 15.1 Å². The van der Waals surface area contributed by atoms with Crippen molar-refractivity contribution in [3.8, 4) is 6.07 Å². The molecule has 0 radical (unpaired) electrons. The van der Waals surface area contributed by atoms with Crippen molar-refractivity contribution >= 4 is 17.8 Å². The highest BCUT2D eigenvalue weighted by Crippen LogP contribution is 2.30. The maximum absolute atomic E-state index is 13.2. The van der Waals surface area contributed by atoms with Gasteiger partial charge in [0.15, 0.2) is 0 Å². The molecule has 2 aromatic rings. The molecule has 2 aliphatic heterocycles. The molecule has 2 aromatic carbocycles. The fourth-order valence-electron chi connectivity index (χ4n) is 3.96. The van der Waals surface area contributed by atoms with E-state index in [0.29, 0.717) is 30.5 Å². The lowest BCUT2D eigenvalue weighted by molar-refractivity contribution is -0.133. The number of piperidine rings is 1. The number of nitrogens with one attached hydrogen (secondary N) is 1. The van der Waals surface area contributed by atoms with Gasteiger partial charge in [-0.05, 0) is 42.7 Å². The first kappa shape index (κ1) is 18.7. The Morgan fingerprint density at radius 1 is 1.10 bits per heavy atom. The van der Waals surface area contributed by atoms with Crippen LogP contribution >= 0.6 is 0 Å². The van der Waals surface area contributed by atoms with Crippen molar-refractivity contribution in [1.29, 1.82) is 5.26 Å². The first-order valence-corrected chi connectivity index (χ1v) is 9.50. The molecule has 2 fully saturated rings. The summed E-state index contributed by atoms with van der Waals surface area (Å²) in [7, 11) is 0. The lowest BCUT2D eigenvalue weighted by Gasteiger charge is -2.38. The van der Waals surface area contributed by atoms with Crippen LogP contribution in [0.25, 0.3) is 0 Å². The van der Waals surface area contributed by atoms with Crippen LogP contribution in [0.15, 0.2) is 54.6 Å². The van der Waals surface area contributed by atoms with Gasteiger partial charge in [0.25, 0.3) is 11.8 Å². The molecule has 2 aliphatic rings. The summed E-state index contributed by atoms with van der Waals surface area (Å²) in [5.41, 5.74) is 0.728. The zero-order valence-corrected chi connectivity index (χ0v) is 15.8. The molecular formula is C22H20N4O3. The minimum absolute atomic E-state index is 0.141. The topological polar surface area (TPSA) is 93.5 Å². The summed E-state index contributed by atoms with van der Waals surface area (Å²) in [6.07, 6.45) is 1.12. The summed E-state index contributed by atoms with van der Waals surface area (Å²) < 4.78 is 0. The van der Waals surface area contributed by atoms with Crippen molar-refractivity contribution < 1.29 is 14.4 Å². The molecule has 7 nitrogen and oxygen atoms in total. The van der Waals surface area contributed by atoms with Gasteiger partial charge >= 0.3 is 6.03 Å². The molecule has 1 spiro atoms. The van der Waals surface area contributed by atoms with Gasteiger partial charge in [0, 0.05) is 12.1 Å². The maximum atomic E-state index is 13.2. The van der Waals surface area contributed by atoms with Crippen molar-refractivity contribution in [2.24, 2.45) is 0 Å². The van der Waals surface area contributed by atoms with Crippen LogP contribution in [-0.4, -0.2) is 46.3 Å². The zero-order valence-electron chi connectivity index (χ0n) is 15.8. The van der Waals surface area contributed by atoms with Crippen LogP contribution in [-0.2, 0) is 11.3 Å². The highest BCUT2D eigenvalue weighted by molar-refractivity contribution is 6.07. The Balaban J connectivity index is 1.52. The average Bonchev–Trinajstić information content (AvgIpc) is 2.98. The number of nitriles is 1. The van der Waals surface area contributed by atoms with Gasteiger partial charge in [0.2, 0.25) is 0 Å². The van der Waals surface area contributed by atoms with Crippen LogP contribution in [0.1, 0.15) is 34.3 Å². The lowest BCUT2D eigenvalue weighted by atomic mass is 9.88. The second-order valence-corrected chi connectivity index (χ2v) is 7.41. The first-order valence-electron chi connectivity index (χ1n) is 9.50. The van der Waals surface area contributed by atoms with Gasteiger partial charge in [-0.2, -0.15) is 5.26 Å². The largest absolute Gasteiger partial charge is 0.336 e. The molecule has 7 heteroatoms. The van der Waals surface area contributed by atoms with Gasteiger partial charge < -0.3 is 10.2 Å². The van der Waals surface area contributed by atoms with E-state index in [1.807, 2.05) is 36.4 Å². The molecule has 4 rings (SSSR count). The summed E-state index contributed by atoms with van der Waals surface area (Å²) in [5, 5.41) is 11.8. The number of carbonyl (C=O) groups excluding carboxylic acids is 3. The second-order valence-electron chi connectivity index (χ2n) is 7.41. The second kappa shape index (κ2) is 7.40. The summed E-state index contributed by atoms with van der Waals surface area (Å²) in [6.45, 7) is 0.862. The summed E-state index contributed by atoms with van der Waals surface area (Å²) >= 11 is 0. The van der Waals surface area contributed by atoms with Crippen molar-refractivity contribution in [3.63, 3.8) is 0 Å². The van der Waals surface area contributed by atoms with E-state index in [9.17, 15) is 14.4 Å². The monoisotopic (exact) mass is 388 g/mol. The maximum Gasteiger partial charge on any atom is 0.325 e. The Bertz CT molecular complexity index is 997. The van der Waals surface area contributed by atoms with E-state index in [1.54, 1.807) is 29.2 Å². The van der Waals surface area contributed by atoms with Crippen molar-refractivity contribution in [2.45, 2.75) is 24.9 Å². The molecule has 0 saturated carbocycles. The molecule has 0 aromatic heterocycles. The van der Waals surface area contributed by atoms with E-state index >= 15 is 0 Å². The van der Waals surface area contributed by atoms with Gasteiger partial charge in [-0.15, -0.1) is 0 Å². The molecule has 146 valence electrons. The Morgan fingerprint density at radius 3 is 2.52 bits per heavy atom. The summed E-state index contributed by atoms with van der Waals surface area (Å²) in [5.74, 6) is -0.499. The highest BCUT2D eigenvalue weighted by atomic mass is 16.2. The minimum Gasteiger partial charge on any atom is -0.336 e. The van der Waals surface area contributed by atoms with E-state index in [1.165, 1.54) is 4.90 Å². The van der Waals surface area contributed by atoms with Gasteiger partial charge in [0.1, 0.15) is 5.54 Å². The van der Waals surface area contributed by atoms with Crippen LogP contribution in [0.2, 0.25) is 0 Å². The Hall–Kier alpha value is -3.66. The third kappa shape index (κ3) is 3.45. The molecule has 2 heterocycles. The minimum atomic E-state index is -1.08. The molecule has 1 N–H and O–H groups in total. The van der Waals surface area contributed by atoms with Crippen molar-refractivity contribution in [2.75, 3.05) is 13.1 Å². The number of nitrogens with zero attached hydrogens (tertiary/aromatic N) is 3. The normalized spacial score (nSPS) is 21.2. The molecule has 0 aliphatic carbocycles. The summed E-state index contributed by atoms with van der Waals surface area (Å²) in [4.78, 5) is 41.4. The fourth-order valence-corrected chi connectivity index (χ4v) is 3.96. The fraction of sp³-hybridized carbons (Fsp3) is 0.273. The van der Waals surface area contributed by atoms with Crippen LogP contribution < -0.4 is 5.32 Å². The number of rotatable bonds is 3. The average molecular weight is 388 g/mol. The predicted octanol–water partition coefficient (Wildman–Crippen LogP) is 2.29. The Kier molecular flexibility index (Phi) is 4.77. The molecular weight excluding hydrogens is 368 g/mol. The third-order valence-corrected chi connectivity index (χ3v) is 5.47. The standard InChI is InChI=1S/C22H20N4O3/c23-13-16-7-9-18(10-8-16)19(27)25-12-4-11-22(15-25)20(28)26(21(29)24-22)14-17-5-2-1-3-6-17/h1-3,5-10H,4,11-12,14-15H2,(H,24,29). The van der Waals surface area contributed by atoms with Crippen LogP contribution in [0.4, 0.5) is 4.79 Å². The van der Waals surface area contributed by atoms with Crippen LogP contribution in [0, 0.1) is 11.3 Å². The smallest absolute Gasteiger partial charge is 0.325 e. The Labute approximate surface area is 168 Å². The number of hydrogen-bond acceptors (Lipinski definition) is 4. The van der Waals surface area contributed by atoms with E-state index < -0.39 is 11.6 Å². The molecule has 1 atom stereocenters. The van der Waals surface area contributed by atoms with Gasteiger partial charge in [-0.25, -0.2) is 4.79 Å². The number of urea groups is 1. The molecule has 1 unspecified atom stereocenters. The number of hydrogen-bond donors (Lipinski definition) is 1. The van der Waals surface area contributed by atoms with E-state index in [0.717, 1.165) is 5.56 Å². The van der Waals surface area contributed by atoms with Gasteiger partial charge in [-0.1, -0.05) is 30.3 Å². The first-order chi connectivity index (χ1) is 14.0. The molecule has 4 amide bonds. The quantitative estimate of drug-likeness (QED) is 0.817. The number of benzene rings is 2. The number of imide groups is 1. The SMILES string of the molecule is N#Cc1ccc(C(=O)N2CCCC3(C2)NC(=O)N(Cc2ccccc2)C3=O)cc1. The number of amides is 4. The van der Waals surface area contributed by atoms with E-state index in [2.05, 4.69) is 5.32 Å². The molecule has 2 saturated heterocycles. The van der Waals surface area contributed by atoms with E-state index in [-0.39, 0.29) is 24.9 Å². The highest BCUT2D eigenvalue weighted by Gasteiger charge is 2.53. The molecule has 0 bridgehead atoms. The van der Waals surface area contributed by atoms with E-state index in [4.69, 9.17) is 5.26 Å². The predicted molar refractivity (Wildman–Crippen MR) is 105 cm³/mol. The molecule has 29 heavy (non-hydrogen) atoms. The Morgan fingerprint density at radius 2 is 1.83 bits per heavy atom. The van der Waals surface area contributed by atoms with Crippen LogP contribution in [0.5, 0.6) is 0 Å². The lowest BCUT2D eigenvalue weighted by Crippen LogP contribution is -2.59. The summed E-state index contributed by atoms with van der Waals surface area (Å²) in [6, 6.07) is 17.4. The van der Waals surface area contributed by atoms with Gasteiger partial charge in [-0.3, -0.25) is 14.5 Å². The van der Waals surface area contributed by atoms with Gasteiger partial charge in [0.05, 0.1) is 24.7 Å². The number of carbonyl (C=O) groups is 3. The van der Waals surface area contributed by atoms with Crippen molar-refractivity contribution in [3.05, 3.63) is 71.3 Å². The number of likely N-dealkylation sites (tertiary alicyclic amines) is 1. The zero-order chi connectivity index (χ0) is 20.4. The van der Waals surface area contributed by atoms with Crippen LogP contribution in [0.3, 0.4) is 0 Å². The third-order valence-electron chi connectivity index (χ3n) is 5.47.